The Hall–Kier alpha value is -3.53. The number of methoxy groups -OCH3 is 2. The van der Waals surface area contributed by atoms with Crippen molar-refractivity contribution >= 4 is 29.1 Å². The highest BCUT2D eigenvalue weighted by molar-refractivity contribution is 8.00. The molecule has 0 radical (unpaired) electrons. The SMILES string of the molecule is CCOc1cccc(-c2nc3ncc(NSCCC4CC4)nc3n2-c2c(OC)cccc2OC)n1. The van der Waals surface area contributed by atoms with Crippen LogP contribution in [0.4, 0.5) is 5.82 Å². The fourth-order valence-electron chi connectivity index (χ4n) is 3.86. The van der Waals surface area contributed by atoms with Crippen LogP contribution >= 0.6 is 11.9 Å². The normalized spacial score (nSPS) is 13.1. The van der Waals surface area contributed by atoms with Crippen LogP contribution in [0, 0.1) is 5.92 Å². The van der Waals surface area contributed by atoms with Crippen molar-refractivity contribution in [2.75, 3.05) is 31.3 Å². The van der Waals surface area contributed by atoms with Crippen LogP contribution in [0.2, 0.25) is 0 Å². The Bertz CT molecular complexity index is 1300. The predicted molar refractivity (Wildman–Crippen MR) is 138 cm³/mol. The summed E-state index contributed by atoms with van der Waals surface area (Å²) in [5, 5.41) is 0. The molecule has 0 aliphatic heterocycles. The van der Waals surface area contributed by atoms with Crippen molar-refractivity contribution < 1.29 is 14.2 Å². The van der Waals surface area contributed by atoms with E-state index in [0.717, 1.165) is 11.7 Å². The van der Waals surface area contributed by atoms with E-state index < -0.39 is 0 Å². The second kappa shape index (κ2) is 10.4. The van der Waals surface area contributed by atoms with Crippen molar-refractivity contribution in [1.82, 2.24) is 24.5 Å². The summed E-state index contributed by atoms with van der Waals surface area (Å²) < 4.78 is 22.3. The molecule has 1 N–H and O–H groups in total. The Morgan fingerprint density at radius 1 is 1.03 bits per heavy atom. The molecule has 0 spiro atoms. The molecule has 5 rings (SSSR count). The number of benzene rings is 1. The zero-order valence-corrected chi connectivity index (χ0v) is 20.8. The molecule has 0 atom stereocenters. The molecular formula is C25H28N6O3S. The average Bonchev–Trinajstić information content (AvgIpc) is 3.64. The number of hydrogen-bond acceptors (Lipinski definition) is 9. The molecule has 1 aliphatic carbocycles. The first kappa shape index (κ1) is 23.2. The van der Waals surface area contributed by atoms with E-state index in [1.165, 1.54) is 19.3 Å². The van der Waals surface area contributed by atoms with E-state index in [1.54, 1.807) is 32.4 Å². The molecule has 0 amide bonds. The topological polar surface area (TPSA) is 96.2 Å². The molecule has 1 aliphatic rings. The minimum absolute atomic E-state index is 0.491. The van der Waals surface area contributed by atoms with Gasteiger partial charge in [0.2, 0.25) is 5.88 Å². The molecule has 1 saturated carbocycles. The number of fused-ring (bicyclic) bond motifs is 1. The molecule has 3 heterocycles. The van der Waals surface area contributed by atoms with Crippen molar-refractivity contribution in [1.29, 1.82) is 0 Å². The maximum Gasteiger partial charge on any atom is 0.213 e. The quantitative estimate of drug-likeness (QED) is 0.225. The molecule has 10 heteroatoms. The van der Waals surface area contributed by atoms with Gasteiger partial charge in [-0.2, -0.15) is 0 Å². The van der Waals surface area contributed by atoms with Crippen LogP contribution in [0.1, 0.15) is 26.2 Å². The fraction of sp³-hybridized carbons (Fsp3) is 0.360. The minimum Gasteiger partial charge on any atom is -0.494 e. The third-order valence-corrected chi connectivity index (χ3v) is 6.54. The fourth-order valence-corrected chi connectivity index (χ4v) is 4.66. The number of nitrogens with one attached hydrogen (secondary N) is 1. The summed E-state index contributed by atoms with van der Waals surface area (Å²) >= 11 is 1.65. The average molecular weight is 493 g/mol. The number of aromatic nitrogens is 5. The molecule has 0 bridgehead atoms. The number of ether oxygens (including phenoxy) is 3. The number of imidazole rings is 1. The Kier molecular flexibility index (Phi) is 6.89. The van der Waals surface area contributed by atoms with Crippen LogP contribution < -0.4 is 18.9 Å². The summed E-state index contributed by atoms with van der Waals surface area (Å²) in [6.07, 6.45) is 5.63. The van der Waals surface area contributed by atoms with Crippen LogP contribution in [0.15, 0.2) is 42.6 Å². The summed E-state index contributed by atoms with van der Waals surface area (Å²) in [6, 6.07) is 11.2. The number of hydrogen-bond donors (Lipinski definition) is 1. The first-order valence-corrected chi connectivity index (χ1v) is 12.6. The maximum atomic E-state index is 5.71. The number of para-hydroxylation sites is 1. The zero-order valence-electron chi connectivity index (χ0n) is 20.0. The van der Waals surface area contributed by atoms with E-state index in [9.17, 15) is 0 Å². The van der Waals surface area contributed by atoms with Gasteiger partial charge in [-0.3, -0.25) is 4.57 Å². The zero-order chi connectivity index (χ0) is 24.2. The number of pyridine rings is 1. The van der Waals surface area contributed by atoms with Gasteiger partial charge in [-0.1, -0.05) is 36.9 Å². The van der Waals surface area contributed by atoms with E-state index in [4.69, 9.17) is 24.2 Å². The summed E-state index contributed by atoms with van der Waals surface area (Å²) in [6.45, 7) is 2.44. The van der Waals surface area contributed by atoms with Crippen LogP contribution in [0.3, 0.4) is 0 Å². The highest BCUT2D eigenvalue weighted by atomic mass is 32.2. The van der Waals surface area contributed by atoms with Crippen molar-refractivity contribution in [3.05, 3.63) is 42.6 Å². The second-order valence-corrected chi connectivity index (χ2v) is 9.06. The Labute approximate surface area is 208 Å². The Morgan fingerprint density at radius 3 is 2.51 bits per heavy atom. The molecular weight excluding hydrogens is 464 g/mol. The molecule has 1 aromatic carbocycles. The van der Waals surface area contributed by atoms with Crippen LogP contribution in [-0.4, -0.2) is 51.1 Å². The molecule has 4 aromatic rings. The molecule has 9 nitrogen and oxygen atoms in total. The monoisotopic (exact) mass is 492 g/mol. The lowest BCUT2D eigenvalue weighted by atomic mass is 10.2. The summed E-state index contributed by atoms with van der Waals surface area (Å²) in [7, 11) is 3.25. The molecule has 0 saturated heterocycles. The van der Waals surface area contributed by atoms with E-state index in [2.05, 4.69) is 14.7 Å². The minimum atomic E-state index is 0.491. The number of nitrogens with zero attached hydrogens (tertiary/aromatic N) is 5. The van der Waals surface area contributed by atoms with Gasteiger partial charge < -0.3 is 18.9 Å². The maximum absolute atomic E-state index is 5.71. The molecule has 0 unspecified atom stereocenters. The smallest absolute Gasteiger partial charge is 0.213 e. The van der Waals surface area contributed by atoms with Crippen molar-refractivity contribution in [2.24, 2.45) is 5.92 Å². The first-order valence-electron chi connectivity index (χ1n) is 11.7. The highest BCUT2D eigenvalue weighted by Gasteiger charge is 2.24. The van der Waals surface area contributed by atoms with Crippen LogP contribution in [-0.2, 0) is 0 Å². The van der Waals surface area contributed by atoms with Crippen molar-refractivity contribution in [3.63, 3.8) is 0 Å². The third kappa shape index (κ3) is 4.97. The van der Waals surface area contributed by atoms with Gasteiger partial charge in [0.1, 0.15) is 22.9 Å². The number of rotatable bonds is 11. The van der Waals surface area contributed by atoms with Gasteiger partial charge in [0.15, 0.2) is 22.9 Å². The van der Waals surface area contributed by atoms with Gasteiger partial charge in [-0.25, -0.2) is 19.9 Å². The van der Waals surface area contributed by atoms with Gasteiger partial charge >= 0.3 is 0 Å². The third-order valence-electron chi connectivity index (χ3n) is 5.74. The van der Waals surface area contributed by atoms with Gasteiger partial charge in [0, 0.05) is 11.8 Å². The predicted octanol–water partition coefficient (Wildman–Crippen LogP) is 5.15. The van der Waals surface area contributed by atoms with E-state index >= 15 is 0 Å². The van der Waals surface area contributed by atoms with E-state index in [-0.39, 0.29) is 0 Å². The second-order valence-electron chi connectivity index (χ2n) is 8.16. The lowest BCUT2D eigenvalue weighted by molar-refractivity contribution is 0.327. The Balaban J connectivity index is 1.64. The lowest BCUT2D eigenvalue weighted by Crippen LogP contribution is -2.06. The Morgan fingerprint density at radius 2 is 1.80 bits per heavy atom. The largest absolute Gasteiger partial charge is 0.494 e. The van der Waals surface area contributed by atoms with Crippen molar-refractivity contribution in [2.45, 2.75) is 26.2 Å². The van der Waals surface area contributed by atoms with Crippen LogP contribution in [0.25, 0.3) is 28.5 Å². The standard InChI is InChI=1S/C25H28N6O3S/c1-4-34-21-10-5-7-17(27-21)24-29-23-25(28-20(15-26-23)30-35-14-13-16-11-12-16)31(24)22-18(32-2)8-6-9-19(22)33-3/h5-10,15-16H,4,11-14H2,1-3H3,(H,28,30). The van der Waals surface area contributed by atoms with E-state index in [1.807, 2.05) is 47.9 Å². The summed E-state index contributed by atoms with van der Waals surface area (Å²) in [5.41, 5.74) is 2.35. The molecule has 182 valence electrons. The van der Waals surface area contributed by atoms with Gasteiger partial charge in [0.25, 0.3) is 0 Å². The summed E-state index contributed by atoms with van der Waals surface area (Å²) in [4.78, 5) is 18.9. The lowest BCUT2D eigenvalue weighted by Gasteiger charge is -2.16. The first-order chi connectivity index (χ1) is 17.2. The van der Waals surface area contributed by atoms with Gasteiger partial charge in [-0.15, -0.1) is 0 Å². The molecule has 3 aromatic heterocycles. The van der Waals surface area contributed by atoms with Gasteiger partial charge in [0.05, 0.1) is 27.0 Å². The van der Waals surface area contributed by atoms with E-state index in [0.29, 0.717) is 58.3 Å². The summed E-state index contributed by atoms with van der Waals surface area (Å²) in [5.74, 6) is 4.89. The van der Waals surface area contributed by atoms with Crippen LogP contribution in [0.5, 0.6) is 17.4 Å². The van der Waals surface area contributed by atoms with Crippen molar-refractivity contribution in [3.8, 4) is 34.6 Å². The molecule has 35 heavy (non-hydrogen) atoms. The number of anilines is 1. The highest BCUT2D eigenvalue weighted by Crippen LogP contribution is 2.38. The van der Waals surface area contributed by atoms with Gasteiger partial charge in [-0.05, 0) is 37.5 Å². The molecule has 1 fully saturated rings.